The Morgan fingerprint density at radius 2 is 1.46 bits per heavy atom. The van der Waals surface area contributed by atoms with Crippen molar-refractivity contribution in [3.63, 3.8) is 0 Å². The van der Waals surface area contributed by atoms with Crippen LogP contribution in [-0.4, -0.2) is 17.8 Å². The first-order chi connectivity index (χ1) is 12.6. The molecule has 136 valence electrons. The molecule has 0 saturated carbocycles. The Kier molecular flexibility index (Phi) is 7.17. The van der Waals surface area contributed by atoms with Crippen LogP contribution in [0.1, 0.15) is 36.5 Å². The van der Waals surface area contributed by atoms with Crippen molar-refractivity contribution in [2.24, 2.45) is 0 Å². The van der Waals surface area contributed by atoms with Crippen LogP contribution in [0.3, 0.4) is 0 Å². The summed E-state index contributed by atoms with van der Waals surface area (Å²) in [5, 5.41) is 5.35. The molecule has 2 rings (SSSR count). The molecule has 0 aliphatic carbocycles. The summed E-state index contributed by atoms with van der Waals surface area (Å²) in [7, 11) is 0. The summed E-state index contributed by atoms with van der Waals surface area (Å²) in [6, 6.07) is 14.7. The van der Waals surface area contributed by atoms with Crippen LogP contribution >= 0.6 is 0 Å². The average Bonchev–Trinajstić information content (AvgIpc) is 2.66. The Morgan fingerprint density at radius 3 is 2.12 bits per heavy atom. The van der Waals surface area contributed by atoms with Gasteiger partial charge in [0, 0.05) is 23.4 Å². The van der Waals surface area contributed by atoms with E-state index in [4.69, 9.17) is 0 Å². The van der Waals surface area contributed by atoms with Gasteiger partial charge in [0.25, 0.3) is 5.91 Å². The van der Waals surface area contributed by atoms with Crippen LogP contribution in [0.5, 0.6) is 0 Å². The molecule has 0 spiro atoms. The third-order valence-electron chi connectivity index (χ3n) is 3.51. The third-order valence-corrected chi connectivity index (χ3v) is 3.51. The lowest BCUT2D eigenvalue weighted by Gasteiger charge is -2.09. The summed E-state index contributed by atoms with van der Waals surface area (Å²) in [6.45, 7) is 2.02. The van der Waals surface area contributed by atoms with Gasteiger partial charge in [-0.2, -0.15) is 0 Å². The quantitative estimate of drug-likeness (QED) is 0.599. The predicted octanol–water partition coefficient (Wildman–Crippen LogP) is 3.28. The summed E-state index contributed by atoms with van der Waals surface area (Å²) < 4.78 is 0. The van der Waals surface area contributed by atoms with Gasteiger partial charge in [-0.15, -0.1) is 0 Å². The number of hydrazine groups is 1. The fourth-order valence-corrected chi connectivity index (χ4v) is 2.14. The van der Waals surface area contributed by atoms with Crippen LogP contribution in [0.2, 0.25) is 0 Å². The molecular formula is C19H22N4O3. The van der Waals surface area contributed by atoms with Crippen molar-refractivity contribution in [2.45, 2.75) is 26.2 Å². The van der Waals surface area contributed by atoms with Crippen molar-refractivity contribution >= 4 is 29.2 Å². The molecule has 0 saturated heterocycles. The molecule has 0 aromatic heterocycles. The van der Waals surface area contributed by atoms with E-state index in [1.807, 2.05) is 13.0 Å². The molecular weight excluding hydrogens is 332 g/mol. The summed E-state index contributed by atoms with van der Waals surface area (Å²) in [4.78, 5) is 35.4. The number of amides is 4. The van der Waals surface area contributed by atoms with Gasteiger partial charge in [-0.3, -0.25) is 15.0 Å². The van der Waals surface area contributed by atoms with Gasteiger partial charge in [0.05, 0.1) is 0 Å². The van der Waals surface area contributed by atoms with Crippen LogP contribution in [0, 0.1) is 0 Å². The van der Waals surface area contributed by atoms with Crippen LogP contribution in [0.15, 0.2) is 54.6 Å². The Balaban J connectivity index is 1.80. The lowest BCUT2D eigenvalue weighted by Crippen LogP contribution is -2.43. The number of anilines is 2. The number of carbonyl (C=O) groups is 3. The molecule has 2 aromatic rings. The van der Waals surface area contributed by atoms with Crippen LogP contribution in [0.4, 0.5) is 16.2 Å². The molecule has 0 unspecified atom stereocenters. The number of urea groups is 1. The number of hydrogen-bond donors (Lipinski definition) is 4. The minimum absolute atomic E-state index is 0.0525. The minimum atomic E-state index is -0.552. The lowest BCUT2D eigenvalue weighted by atomic mass is 10.2. The molecule has 7 nitrogen and oxygen atoms in total. The van der Waals surface area contributed by atoms with Gasteiger partial charge >= 0.3 is 6.03 Å². The van der Waals surface area contributed by atoms with Gasteiger partial charge in [-0.1, -0.05) is 31.5 Å². The second-order valence-electron chi connectivity index (χ2n) is 5.63. The summed E-state index contributed by atoms with van der Waals surface area (Å²) in [6.07, 6.45) is 2.26. The SMILES string of the molecule is CCCCC(=O)Nc1ccc(C(=O)NNC(=O)Nc2ccccc2)cc1. The van der Waals surface area contributed by atoms with E-state index in [-0.39, 0.29) is 5.91 Å². The van der Waals surface area contributed by atoms with Crippen molar-refractivity contribution < 1.29 is 14.4 Å². The van der Waals surface area contributed by atoms with Crippen molar-refractivity contribution in [1.29, 1.82) is 0 Å². The van der Waals surface area contributed by atoms with Gasteiger partial charge in [-0.25, -0.2) is 10.2 Å². The van der Waals surface area contributed by atoms with Crippen LogP contribution in [0.25, 0.3) is 0 Å². The number of unbranched alkanes of at least 4 members (excludes halogenated alkanes) is 1. The number of hydrogen-bond acceptors (Lipinski definition) is 3. The summed E-state index contributed by atoms with van der Waals surface area (Å²) in [5.41, 5.74) is 6.19. The third kappa shape index (κ3) is 6.27. The maximum atomic E-state index is 12.0. The standard InChI is InChI=1S/C19H22N4O3/c1-2-3-9-17(24)20-16-12-10-14(11-13-16)18(25)22-23-19(26)21-15-7-5-4-6-8-15/h4-8,10-13H,2-3,9H2,1H3,(H,20,24)(H,22,25)(H2,21,23,26). The molecule has 0 atom stereocenters. The Morgan fingerprint density at radius 1 is 0.808 bits per heavy atom. The Hall–Kier alpha value is -3.35. The largest absolute Gasteiger partial charge is 0.337 e. The number of rotatable bonds is 6. The summed E-state index contributed by atoms with van der Waals surface area (Å²) in [5.74, 6) is -0.514. The second kappa shape index (κ2) is 9.83. The van der Waals surface area contributed by atoms with Gasteiger partial charge < -0.3 is 10.6 Å². The highest BCUT2D eigenvalue weighted by Gasteiger charge is 2.08. The maximum Gasteiger partial charge on any atom is 0.337 e. The first-order valence-electron chi connectivity index (χ1n) is 8.41. The monoisotopic (exact) mass is 354 g/mol. The van der Waals surface area contributed by atoms with Crippen molar-refractivity contribution in [2.75, 3.05) is 10.6 Å². The maximum absolute atomic E-state index is 12.0. The van der Waals surface area contributed by atoms with E-state index in [2.05, 4.69) is 21.5 Å². The second-order valence-corrected chi connectivity index (χ2v) is 5.63. The Labute approximate surface area is 152 Å². The average molecular weight is 354 g/mol. The zero-order chi connectivity index (χ0) is 18.8. The lowest BCUT2D eigenvalue weighted by molar-refractivity contribution is -0.116. The molecule has 4 amide bonds. The molecule has 0 radical (unpaired) electrons. The van der Waals surface area contributed by atoms with E-state index in [0.29, 0.717) is 23.4 Å². The molecule has 0 aliphatic rings. The number of para-hydroxylation sites is 1. The van der Waals surface area contributed by atoms with Crippen molar-refractivity contribution in [3.8, 4) is 0 Å². The first-order valence-corrected chi connectivity index (χ1v) is 8.41. The fraction of sp³-hybridized carbons (Fsp3) is 0.211. The number of benzene rings is 2. The van der Waals surface area contributed by atoms with Gasteiger partial charge in [0.2, 0.25) is 5.91 Å². The van der Waals surface area contributed by atoms with E-state index >= 15 is 0 Å². The van der Waals surface area contributed by atoms with E-state index in [0.717, 1.165) is 12.8 Å². The van der Waals surface area contributed by atoms with E-state index < -0.39 is 11.9 Å². The van der Waals surface area contributed by atoms with Crippen LogP contribution in [-0.2, 0) is 4.79 Å². The highest BCUT2D eigenvalue weighted by Crippen LogP contribution is 2.10. The van der Waals surface area contributed by atoms with Crippen LogP contribution < -0.4 is 21.5 Å². The van der Waals surface area contributed by atoms with Crippen molar-refractivity contribution in [1.82, 2.24) is 10.9 Å². The zero-order valence-corrected chi connectivity index (χ0v) is 14.5. The molecule has 2 aromatic carbocycles. The molecule has 26 heavy (non-hydrogen) atoms. The topological polar surface area (TPSA) is 99.3 Å². The summed E-state index contributed by atoms with van der Waals surface area (Å²) >= 11 is 0. The highest BCUT2D eigenvalue weighted by molar-refractivity contribution is 5.98. The van der Waals surface area contributed by atoms with E-state index in [1.54, 1.807) is 48.5 Å². The molecule has 4 N–H and O–H groups in total. The molecule has 0 aliphatic heterocycles. The predicted molar refractivity (Wildman–Crippen MR) is 101 cm³/mol. The molecule has 0 bridgehead atoms. The zero-order valence-electron chi connectivity index (χ0n) is 14.5. The van der Waals surface area contributed by atoms with Gasteiger partial charge in [-0.05, 0) is 42.8 Å². The van der Waals surface area contributed by atoms with E-state index in [1.165, 1.54) is 0 Å². The molecule has 0 fully saturated rings. The highest BCUT2D eigenvalue weighted by atomic mass is 16.2. The first kappa shape index (κ1) is 19.0. The smallest absolute Gasteiger partial charge is 0.326 e. The number of nitrogens with one attached hydrogen (secondary N) is 4. The normalized spacial score (nSPS) is 9.88. The molecule has 7 heteroatoms. The molecule has 0 heterocycles. The Bertz CT molecular complexity index is 745. The van der Waals surface area contributed by atoms with E-state index in [9.17, 15) is 14.4 Å². The fourth-order valence-electron chi connectivity index (χ4n) is 2.14. The number of carbonyl (C=O) groups excluding carboxylic acids is 3. The van der Waals surface area contributed by atoms with Gasteiger partial charge in [0.1, 0.15) is 0 Å². The van der Waals surface area contributed by atoms with Crippen molar-refractivity contribution in [3.05, 3.63) is 60.2 Å². The van der Waals surface area contributed by atoms with Gasteiger partial charge in [0.15, 0.2) is 0 Å². The minimum Gasteiger partial charge on any atom is -0.326 e.